The van der Waals surface area contributed by atoms with Crippen molar-refractivity contribution in [2.24, 2.45) is 0 Å². The Balaban J connectivity index is 0.00000256. The third kappa shape index (κ3) is 4.99. The molecule has 0 atom stereocenters. The monoisotopic (exact) mass is 302 g/mol. The molecule has 0 saturated heterocycles. The Morgan fingerprint density at radius 1 is 1.24 bits per heavy atom. The van der Waals surface area contributed by atoms with Crippen LogP contribution in [-0.2, 0) is 6.42 Å². The van der Waals surface area contributed by atoms with Crippen LogP contribution >= 0.6 is 15.9 Å². The van der Waals surface area contributed by atoms with Crippen LogP contribution in [0.4, 0.5) is 0 Å². The Hall–Kier alpha value is -0.700. The normalized spacial score (nSPS) is 9.82. The summed E-state index contributed by atoms with van der Waals surface area (Å²) in [5.41, 5.74) is 1.15. The number of hydrogen-bond donors (Lipinski definition) is 1. The molecule has 3 heteroatoms. The summed E-state index contributed by atoms with van der Waals surface area (Å²) in [6, 6.07) is 3.61. The van der Waals surface area contributed by atoms with E-state index in [2.05, 4.69) is 22.9 Å². The Labute approximate surface area is 113 Å². The van der Waals surface area contributed by atoms with E-state index in [0.717, 1.165) is 22.9 Å². The minimum Gasteiger partial charge on any atom is -0.504 e. The van der Waals surface area contributed by atoms with Crippen LogP contribution in [0.2, 0.25) is 0 Å². The number of rotatable bonds is 6. The van der Waals surface area contributed by atoms with Crippen molar-refractivity contribution >= 4 is 15.9 Å². The predicted molar refractivity (Wildman–Crippen MR) is 76.9 cm³/mol. The van der Waals surface area contributed by atoms with Gasteiger partial charge in [-0.2, -0.15) is 0 Å². The molecule has 0 aromatic heterocycles. The van der Waals surface area contributed by atoms with Crippen LogP contribution in [0.3, 0.4) is 0 Å². The van der Waals surface area contributed by atoms with Crippen molar-refractivity contribution in [3.05, 3.63) is 22.2 Å². The summed E-state index contributed by atoms with van der Waals surface area (Å²) >= 11 is 3.50. The number of benzene rings is 1. The number of unbranched alkanes of at least 4 members (excludes halogenated alkanes) is 3. The average molecular weight is 303 g/mol. The molecule has 0 fully saturated rings. The molecular formula is C14H23BrO2. The molecule has 0 amide bonds. The molecular weight excluding hydrogens is 280 g/mol. The number of aromatic hydroxyl groups is 1. The summed E-state index contributed by atoms with van der Waals surface area (Å²) in [6.07, 6.45) is 5.93. The highest BCUT2D eigenvalue weighted by Crippen LogP contribution is 2.33. The van der Waals surface area contributed by atoms with Gasteiger partial charge in [0.25, 0.3) is 0 Å². The average Bonchev–Trinajstić information content (AvgIpc) is 2.28. The molecule has 1 aromatic carbocycles. The van der Waals surface area contributed by atoms with Gasteiger partial charge in [0, 0.05) is 4.47 Å². The number of hydrogen-bond acceptors (Lipinski definition) is 2. The van der Waals surface area contributed by atoms with Crippen LogP contribution < -0.4 is 4.74 Å². The van der Waals surface area contributed by atoms with Gasteiger partial charge in [-0.25, -0.2) is 0 Å². The molecule has 0 aliphatic carbocycles. The van der Waals surface area contributed by atoms with Gasteiger partial charge in [-0.1, -0.05) is 49.5 Å². The van der Waals surface area contributed by atoms with Gasteiger partial charge in [0.05, 0.1) is 7.11 Å². The molecule has 0 aliphatic heterocycles. The Morgan fingerprint density at radius 3 is 2.53 bits per heavy atom. The second-order valence-corrected chi connectivity index (χ2v) is 4.78. The summed E-state index contributed by atoms with van der Waals surface area (Å²) in [4.78, 5) is 0. The maximum absolute atomic E-state index is 9.67. The highest BCUT2D eigenvalue weighted by atomic mass is 79.9. The molecule has 0 heterocycles. The van der Waals surface area contributed by atoms with Gasteiger partial charge in [0.1, 0.15) is 0 Å². The van der Waals surface area contributed by atoms with Crippen LogP contribution in [0.1, 0.15) is 45.6 Å². The molecule has 0 unspecified atom stereocenters. The second-order valence-electron chi connectivity index (χ2n) is 3.93. The van der Waals surface area contributed by atoms with Gasteiger partial charge in [0.15, 0.2) is 11.5 Å². The number of aryl methyl sites for hydroxylation is 1. The van der Waals surface area contributed by atoms with Crippen molar-refractivity contribution in [3.63, 3.8) is 0 Å². The Morgan fingerprint density at radius 2 is 1.94 bits per heavy atom. The molecule has 0 bridgehead atoms. The first-order chi connectivity index (χ1) is 7.69. The lowest BCUT2D eigenvalue weighted by Crippen LogP contribution is -1.90. The fraction of sp³-hybridized carbons (Fsp3) is 0.571. The molecule has 98 valence electrons. The zero-order valence-corrected chi connectivity index (χ0v) is 11.5. The van der Waals surface area contributed by atoms with E-state index in [-0.39, 0.29) is 13.2 Å². The quantitative estimate of drug-likeness (QED) is 0.756. The Bertz CT molecular complexity index is 337. The van der Waals surface area contributed by atoms with Crippen molar-refractivity contribution in [1.29, 1.82) is 0 Å². The van der Waals surface area contributed by atoms with Crippen LogP contribution in [0.15, 0.2) is 16.6 Å². The van der Waals surface area contributed by atoms with E-state index in [1.807, 2.05) is 6.07 Å². The first-order valence-electron chi connectivity index (χ1n) is 5.74. The smallest absolute Gasteiger partial charge is 0.161 e. The number of ether oxygens (including phenoxy) is 1. The molecule has 1 rings (SSSR count). The third-order valence-corrected chi connectivity index (χ3v) is 3.39. The third-order valence-electron chi connectivity index (χ3n) is 2.65. The summed E-state index contributed by atoms with van der Waals surface area (Å²) in [5.74, 6) is 0.736. The number of methoxy groups -OCH3 is 1. The first kappa shape index (κ1) is 16.3. The zero-order valence-electron chi connectivity index (χ0n) is 9.92. The van der Waals surface area contributed by atoms with Gasteiger partial charge in [-0.15, -0.1) is 0 Å². The molecule has 0 spiro atoms. The van der Waals surface area contributed by atoms with E-state index >= 15 is 0 Å². The van der Waals surface area contributed by atoms with Crippen LogP contribution in [0.25, 0.3) is 0 Å². The van der Waals surface area contributed by atoms with E-state index in [1.165, 1.54) is 19.3 Å². The van der Waals surface area contributed by atoms with E-state index in [1.54, 1.807) is 13.2 Å². The van der Waals surface area contributed by atoms with Crippen molar-refractivity contribution in [3.8, 4) is 11.5 Å². The molecule has 2 nitrogen and oxygen atoms in total. The summed E-state index contributed by atoms with van der Waals surface area (Å²) in [6.45, 7) is 2.20. The fourth-order valence-corrected chi connectivity index (χ4v) is 2.20. The number of phenolic OH excluding ortho intramolecular Hbond substituents is 1. The largest absolute Gasteiger partial charge is 0.504 e. The molecule has 1 N–H and O–H groups in total. The predicted octanol–water partition coefficient (Wildman–Crippen LogP) is 4.92. The van der Waals surface area contributed by atoms with Crippen LogP contribution in [-0.4, -0.2) is 12.2 Å². The summed E-state index contributed by atoms with van der Waals surface area (Å²) in [7, 11) is 1.56. The van der Waals surface area contributed by atoms with Gasteiger partial charge < -0.3 is 9.84 Å². The lowest BCUT2D eigenvalue weighted by molar-refractivity contribution is 0.372. The maximum Gasteiger partial charge on any atom is 0.161 e. The molecule has 0 radical (unpaired) electrons. The summed E-state index contributed by atoms with van der Waals surface area (Å²) < 4.78 is 6.06. The standard InChI is InChI=1S/C13H19BrO2.CH4/c1-3-4-5-6-7-10-8-12(15)13(16-2)9-11(10)14;/h8-9,15H,3-7H2,1-2H3;1H4. The molecule has 17 heavy (non-hydrogen) atoms. The highest BCUT2D eigenvalue weighted by molar-refractivity contribution is 9.10. The summed E-state index contributed by atoms with van der Waals surface area (Å²) in [5, 5.41) is 9.67. The zero-order chi connectivity index (χ0) is 12.0. The van der Waals surface area contributed by atoms with Crippen molar-refractivity contribution in [1.82, 2.24) is 0 Å². The van der Waals surface area contributed by atoms with E-state index in [0.29, 0.717) is 5.75 Å². The number of phenols is 1. The number of halogens is 1. The van der Waals surface area contributed by atoms with Gasteiger partial charge in [-0.3, -0.25) is 0 Å². The minimum atomic E-state index is 0. The lowest BCUT2D eigenvalue weighted by atomic mass is 10.1. The topological polar surface area (TPSA) is 29.5 Å². The molecule has 0 saturated carbocycles. The van der Waals surface area contributed by atoms with Crippen LogP contribution in [0, 0.1) is 0 Å². The maximum atomic E-state index is 9.67. The van der Waals surface area contributed by atoms with Gasteiger partial charge in [0.2, 0.25) is 0 Å². The van der Waals surface area contributed by atoms with Crippen molar-refractivity contribution in [2.75, 3.05) is 7.11 Å². The fourth-order valence-electron chi connectivity index (χ4n) is 1.68. The van der Waals surface area contributed by atoms with Gasteiger partial charge >= 0.3 is 0 Å². The van der Waals surface area contributed by atoms with E-state index in [4.69, 9.17) is 4.74 Å². The SMILES string of the molecule is C.CCCCCCc1cc(O)c(OC)cc1Br. The van der Waals surface area contributed by atoms with E-state index < -0.39 is 0 Å². The van der Waals surface area contributed by atoms with E-state index in [9.17, 15) is 5.11 Å². The second kappa shape index (κ2) is 8.40. The molecule has 0 aliphatic rings. The van der Waals surface area contributed by atoms with Gasteiger partial charge in [-0.05, 0) is 30.5 Å². The van der Waals surface area contributed by atoms with Crippen molar-refractivity contribution in [2.45, 2.75) is 46.5 Å². The first-order valence-corrected chi connectivity index (χ1v) is 6.53. The molecule has 1 aromatic rings. The lowest BCUT2D eigenvalue weighted by Gasteiger charge is -2.09. The van der Waals surface area contributed by atoms with Crippen LogP contribution in [0.5, 0.6) is 11.5 Å². The highest BCUT2D eigenvalue weighted by Gasteiger charge is 2.07. The minimum absolute atomic E-state index is 0. The van der Waals surface area contributed by atoms with Crippen molar-refractivity contribution < 1.29 is 9.84 Å². The Kier molecular flexibility index (Phi) is 8.05.